The predicted octanol–water partition coefficient (Wildman–Crippen LogP) is 2.66. The lowest BCUT2D eigenvalue weighted by molar-refractivity contribution is -0.147. The number of carbonyl (C=O) groups is 1. The van der Waals surface area contributed by atoms with Crippen LogP contribution in [0.15, 0.2) is 18.2 Å². The van der Waals surface area contributed by atoms with Crippen LogP contribution in [0.5, 0.6) is 0 Å². The zero-order chi connectivity index (χ0) is 12.1. The van der Waals surface area contributed by atoms with Gasteiger partial charge < -0.3 is 10.5 Å². The molecule has 0 saturated carbocycles. The molecule has 0 bridgehead atoms. The topological polar surface area (TPSA) is 52.3 Å². The van der Waals surface area contributed by atoms with Crippen molar-refractivity contribution in [2.45, 2.75) is 20.3 Å². The molecule has 1 aromatic carbocycles. The Morgan fingerprint density at radius 3 is 2.81 bits per heavy atom. The zero-order valence-corrected chi connectivity index (χ0v) is 10.3. The number of hydrogen-bond acceptors (Lipinski definition) is 3. The highest BCUT2D eigenvalue weighted by Crippen LogP contribution is 2.21. The molecule has 4 heteroatoms. The van der Waals surface area contributed by atoms with Gasteiger partial charge in [0.25, 0.3) is 0 Å². The van der Waals surface area contributed by atoms with Gasteiger partial charge in [-0.25, -0.2) is 0 Å². The Bertz CT molecular complexity index is 379. The largest absolute Gasteiger partial charge is 0.466 e. The number of ether oxygens (including phenoxy) is 1. The summed E-state index contributed by atoms with van der Waals surface area (Å²) in [5.74, 6) is -0.350. The van der Waals surface area contributed by atoms with Crippen LogP contribution in [-0.2, 0) is 16.0 Å². The minimum absolute atomic E-state index is 0.166. The van der Waals surface area contributed by atoms with E-state index < -0.39 is 0 Å². The third-order valence-electron chi connectivity index (χ3n) is 2.29. The van der Waals surface area contributed by atoms with Crippen LogP contribution in [0.4, 0.5) is 5.69 Å². The lowest BCUT2D eigenvalue weighted by atomic mass is 10.0. The Balaban J connectivity index is 2.66. The maximum atomic E-state index is 11.4. The van der Waals surface area contributed by atoms with Gasteiger partial charge in [-0.1, -0.05) is 24.6 Å². The number of carbonyl (C=O) groups excluding carboxylic acids is 1. The van der Waals surface area contributed by atoms with E-state index in [9.17, 15) is 4.79 Å². The molecule has 0 amide bonds. The van der Waals surface area contributed by atoms with E-state index in [4.69, 9.17) is 22.1 Å². The zero-order valence-electron chi connectivity index (χ0n) is 9.50. The van der Waals surface area contributed by atoms with Crippen molar-refractivity contribution in [1.29, 1.82) is 0 Å². The summed E-state index contributed by atoms with van der Waals surface area (Å²) in [6, 6.07) is 5.40. The van der Waals surface area contributed by atoms with E-state index in [1.54, 1.807) is 19.1 Å². The Hall–Kier alpha value is -1.22. The third-order valence-corrected chi connectivity index (χ3v) is 2.64. The molecule has 0 radical (unpaired) electrons. The Kier molecular flexibility index (Phi) is 4.62. The van der Waals surface area contributed by atoms with Crippen LogP contribution in [0, 0.1) is 5.92 Å². The van der Waals surface area contributed by atoms with Crippen LogP contribution >= 0.6 is 11.6 Å². The van der Waals surface area contributed by atoms with Crippen LogP contribution in [0.3, 0.4) is 0 Å². The smallest absolute Gasteiger partial charge is 0.308 e. The highest BCUT2D eigenvalue weighted by Gasteiger charge is 2.14. The molecule has 0 fully saturated rings. The van der Waals surface area contributed by atoms with Gasteiger partial charge in [0.05, 0.1) is 23.2 Å². The predicted molar refractivity (Wildman–Crippen MR) is 65.4 cm³/mol. The van der Waals surface area contributed by atoms with Gasteiger partial charge in [-0.3, -0.25) is 4.79 Å². The lowest BCUT2D eigenvalue weighted by Crippen LogP contribution is -2.16. The molecular formula is C12H16ClNO2. The average Bonchev–Trinajstić information content (AvgIpc) is 2.24. The first-order valence-corrected chi connectivity index (χ1v) is 5.63. The van der Waals surface area contributed by atoms with E-state index in [1.807, 2.05) is 13.0 Å². The van der Waals surface area contributed by atoms with Crippen molar-refractivity contribution in [2.75, 3.05) is 12.3 Å². The van der Waals surface area contributed by atoms with E-state index in [2.05, 4.69) is 0 Å². The fourth-order valence-electron chi connectivity index (χ4n) is 1.44. The van der Waals surface area contributed by atoms with Gasteiger partial charge in [0.1, 0.15) is 0 Å². The first-order valence-electron chi connectivity index (χ1n) is 5.25. The second-order valence-corrected chi connectivity index (χ2v) is 4.12. The van der Waals surface area contributed by atoms with Gasteiger partial charge in [0.15, 0.2) is 0 Å². The maximum absolute atomic E-state index is 11.4. The van der Waals surface area contributed by atoms with Crippen molar-refractivity contribution in [3.05, 3.63) is 28.8 Å². The molecule has 1 unspecified atom stereocenters. The van der Waals surface area contributed by atoms with Crippen LogP contribution in [0.2, 0.25) is 5.02 Å². The maximum Gasteiger partial charge on any atom is 0.308 e. The number of benzene rings is 1. The minimum Gasteiger partial charge on any atom is -0.466 e. The van der Waals surface area contributed by atoms with Gasteiger partial charge in [-0.05, 0) is 31.0 Å². The van der Waals surface area contributed by atoms with Crippen LogP contribution < -0.4 is 5.73 Å². The molecule has 0 saturated heterocycles. The Labute approximate surface area is 101 Å². The number of hydrogen-bond donors (Lipinski definition) is 1. The standard InChI is InChI=1S/C12H16ClNO2/c1-3-16-12(15)8(2)6-9-4-5-10(13)11(14)7-9/h4-5,7-8H,3,6,14H2,1-2H3. The molecule has 0 aromatic heterocycles. The molecule has 1 rings (SSSR count). The van der Waals surface area contributed by atoms with Crippen molar-refractivity contribution >= 4 is 23.3 Å². The third kappa shape index (κ3) is 3.42. The summed E-state index contributed by atoms with van der Waals surface area (Å²) in [5.41, 5.74) is 7.21. The van der Waals surface area contributed by atoms with E-state index >= 15 is 0 Å². The van der Waals surface area contributed by atoms with E-state index in [0.717, 1.165) is 5.56 Å². The Morgan fingerprint density at radius 1 is 1.56 bits per heavy atom. The van der Waals surface area contributed by atoms with Gasteiger partial charge in [-0.15, -0.1) is 0 Å². The number of nitrogen functional groups attached to an aromatic ring is 1. The fraction of sp³-hybridized carbons (Fsp3) is 0.417. The molecule has 16 heavy (non-hydrogen) atoms. The van der Waals surface area contributed by atoms with Crippen LogP contribution in [0.1, 0.15) is 19.4 Å². The SMILES string of the molecule is CCOC(=O)C(C)Cc1ccc(Cl)c(N)c1. The Morgan fingerprint density at radius 2 is 2.25 bits per heavy atom. The van der Waals surface area contributed by atoms with Crippen molar-refractivity contribution in [3.8, 4) is 0 Å². The minimum atomic E-state index is -0.184. The quantitative estimate of drug-likeness (QED) is 0.651. The highest BCUT2D eigenvalue weighted by atomic mass is 35.5. The summed E-state index contributed by atoms with van der Waals surface area (Å²) in [6.07, 6.45) is 0.611. The second-order valence-electron chi connectivity index (χ2n) is 3.71. The van der Waals surface area contributed by atoms with E-state index in [1.165, 1.54) is 0 Å². The molecule has 2 N–H and O–H groups in total. The summed E-state index contributed by atoms with van der Waals surface area (Å²) in [5, 5.41) is 0.535. The lowest BCUT2D eigenvalue weighted by Gasteiger charge is -2.11. The van der Waals surface area contributed by atoms with E-state index in [-0.39, 0.29) is 11.9 Å². The normalized spacial score (nSPS) is 12.2. The van der Waals surface area contributed by atoms with Crippen LogP contribution in [-0.4, -0.2) is 12.6 Å². The summed E-state index contributed by atoms with van der Waals surface area (Å²) in [7, 11) is 0. The molecule has 3 nitrogen and oxygen atoms in total. The van der Waals surface area contributed by atoms with Crippen molar-refractivity contribution in [1.82, 2.24) is 0 Å². The summed E-state index contributed by atoms with van der Waals surface area (Å²) in [6.45, 7) is 4.04. The molecule has 1 aromatic rings. The van der Waals surface area contributed by atoms with Crippen molar-refractivity contribution in [2.24, 2.45) is 5.92 Å². The second kappa shape index (κ2) is 5.75. The molecule has 1 atom stereocenters. The van der Waals surface area contributed by atoms with Crippen LogP contribution in [0.25, 0.3) is 0 Å². The van der Waals surface area contributed by atoms with E-state index in [0.29, 0.717) is 23.7 Å². The molecule has 0 aliphatic carbocycles. The average molecular weight is 242 g/mol. The summed E-state index contributed by atoms with van der Waals surface area (Å²) >= 11 is 5.81. The monoisotopic (exact) mass is 241 g/mol. The van der Waals surface area contributed by atoms with Crippen molar-refractivity contribution < 1.29 is 9.53 Å². The molecule has 0 aliphatic rings. The molecule has 0 aliphatic heterocycles. The summed E-state index contributed by atoms with van der Waals surface area (Å²) < 4.78 is 4.93. The number of nitrogens with two attached hydrogens (primary N) is 1. The van der Waals surface area contributed by atoms with Crippen molar-refractivity contribution in [3.63, 3.8) is 0 Å². The number of anilines is 1. The number of halogens is 1. The number of esters is 1. The van der Waals surface area contributed by atoms with Gasteiger partial charge in [0, 0.05) is 0 Å². The fourth-order valence-corrected chi connectivity index (χ4v) is 1.56. The first kappa shape index (κ1) is 12.8. The first-order chi connectivity index (χ1) is 7.54. The molecule has 0 spiro atoms. The van der Waals surface area contributed by atoms with Gasteiger partial charge >= 0.3 is 5.97 Å². The van der Waals surface area contributed by atoms with Gasteiger partial charge in [-0.2, -0.15) is 0 Å². The number of rotatable bonds is 4. The molecule has 88 valence electrons. The highest BCUT2D eigenvalue weighted by molar-refractivity contribution is 6.33. The van der Waals surface area contributed by atoms with Gasteiger partial charge in [0.2, 0.25) is 0 Å². The summed E-state index contributed by atoms with van der Waals surface area (Å²) in [4.78, 5) is 11.4. The molecular weight excluding hydrogens is 226 g/mol. The molecule has 0 heterocycles.